The molecule has 1 amide bonds. The van der Waals surface area contributed by atoms with Gasteiger partial charge in [0, 0.05) is 13.0 Å². The molecule has 0 aliphatic carbocycles. The molecule has 33 heavy (non-hydrogen) atoms. The third-order valence-electron chi connectivity index (χ3n) is 5.12. The van der Waals surface area contributed by atoms with Gasteiger partial charge in [0.2, 0.25) is 0 Å². The topological polar surface area (TPSA) is 103 Å². The van der Waals surface area contributed by atoms with Gasteiger partial charge in [0.1, 0.15) is 17.5 Å². The van der Waals surface area contributed by atoms with E-state index in [0.717, 1.165) is 5.56 Å². The number of rotatable bonds is 10. The maximum absolute atomic E-state index is 13.0. The number of hydrogen-bond donors (Lipinski definition) is 2. The van der Waals surface area contributed by atoms with Gasteiger partial charge in [-0.2, -0.15) is 5.10 Å². The Hall–Kier alpha value is -3.81. The van der Waals surface area contributed by atoms with Gasteiger partial charge in [0.25, 0.3) is 5.91 Å². The normalized spacial score (nSPS) is 11.8. The molecular weight excluding hydrogens is 422 g/mol. The molecule has 1 unspecified atom stereocenters. The minimum absolute atomic E-state index is 0.123. The van der Waals surface area contributed by atoms with E-state index in [4.69, 9.17) is 9.47 Å². The Morgan fingerprint density at radius 2 is 1.67 bits per heavy atom. The average Bonchev–Trinajstić information content (AvgIpc) is 3.21. The highest BCUT2D eigenvalue weighted by atomic mass is 16.5. The van der Waals surface area contributed by atoms with E-state index in [1.807, 2.05) is 62.4 Å². The lowest BCUT2D eigenvalue weighted by molar-refractivity contribution is -0.139. The molecule has 0 fully saturated rings. The zero-order chi connectivity index (χ0) is 24.0. The molecule has 0 aliphatic rings. The van der Waals surface area contributed by atoms with Crippen LogP contribution in [-0.2, 0) is 17.8 Å². The lowest BCUT2D eigenvalue weighted by atomic mass is 10.1. The van der Waals surface area contributed by atoms with Crippen LogP contribution in [0.25, 0.3) is 11.3 Å². The van der Waals surface area contributed by atoms with Gasteiger partial charge in [-0.15, -0.1) is 0 Å². The molecule has 0 saturated heterocycles. The van der Waals surface area contributed by atoms with Crippen molar-refractivity contribution in [2.45, 2.75) is 32.9 Å². The largest absolute Gasteiger partial charge is 0.496 e. The molecule has 2 N–H and O–H groups in total. The van der Waals surface area contributed by atoms with E-state index in [0.29, 0.717) is 29.3 Å². The number of benzene rings is 2. The number of aliphatic carboxylic acids is 1. The van der Waals surface area contributed by atoms with Crippen molar-refractivity contribution >= 4 is 11.9 Å². The van der Waals surface area contributed by atoms with Crippen LogP contribution in [0.5, 0.6) is 11.5 Å². The number of hydrogen-bond acceptors (Lipinski definition) is 5. The number of aromatic nitrogens is 2. The number of carboxylic acid groups (broad SMARTS) is 1. The molecule has 3 rings (SSSR count). The molecule has 1 aromatic heterocycles. The second-order valence-corrected chi connectivity index (χ2v) is 8.08. The molecule has 8 heteroatoms. The second-order valence-electron chi connectivity index (χ2n) is 8.08. The molecular formula is C25H29N3O5. The van der Waals surface area contributed by atoms with Crippen LogP contribution in [0.15, 0.2) is 54.6 Å². The zero-order valence-corrected chi connectivity index (χ0v) is 19.2. The van der Waals surface area contributed by atoms with Gasteiger partial charge in [-0.25, -0.2) is 4.79 Å². The Labute approximate surface area is 193 Å². The van der Waals surface area contributed by atoms with Crippen molar-refractivity contribution in [3.63, 3.8) is 0 Å². The summed E-state index contributed by atoms with van der Waals surface area (Å²) in [7, 11) is 3.13. The highest BCUT2D eigenvalue weighted by Gasteiger charge is 2.25. The van der Waals surface area contributed by atoms with Crippen LogP contribution >= 0.6 is 0 Å². The highest BCUT2D eigenvalue weighted by Crippen LogP contribution is 2.38. The van der Waals surface area contributed by atoms with Gasteiger partial charge in [-0.1, -0.05) is 50.2 Å². The van der Waals surface area contributed by atoms with Crippen LogP contribution in [-0.4, -0.2) is 47.0 Å². The van der Waals surface area contributed by atoms with Crippen molar-refractivity contribution in [1.29, 1.82) is 0 Å². The maximum atomic E-state index is 13.0. The first-order chi connectivity index (χ1) is 15.8. The average molecular weight is 452 g/mol. The fourth-order valence-corrected chi connectivity index (χ4v) is 3.60. The summed E-state index contributed by atoms with van der Waals surface area (Å²) in [6.07, 6.45) is 0.168. The summed E-state index contributed by atoms with van der Waals surface area (Å²) in [4.78, 5) is 24.8. The number of carbonyl (C=O) groups is 2. The second kappa shape index (κ2) is 10.7. The summed E-state index contributed by atoms with van der Waals surface area (Å²) in [5.74, 6) is -0.251. The molecule has 1 atom stereocenters. The third-order valence-corrected chi connectivity index (χ3v) is 5.12. The number of ether oxygens (including phenoxy) is 2. The number of nitrogens with one attached hydrogen (secondary N) is 1. The Morgan fingerprint density at radius 1 is 1.03 bits per heavy atom. The smallest absolute Gasteiger partial charge is 0.326 e. The standard InChI is InChI=1S/C25H29N3O5/c1-16(2)15-28-20(23-21(32-3)11-8-12-22(23)33-4)14-18(27-28)24(29)26-19(25(30)31)13-17-9-6-5-7-10-17/h5-12,14,16,19H,13,15H2,1-4H3,(H,26,29)(H,30,31). The predicted octanol–water partition coefficient (Wildman–Crippen LogP) is 3.65. The van der Waals surface area contributed by atoms with Crippen molar-refractivity contribution in [2.75, 3.05) is 14.2 Å². The lowest BCUT2D eigenvalue weighted by Crippen LogP contribution is -2.42. The van der Waals surface area contributed by atoms with Gasteiger partial charge in [0.15, 0.2) is 5.69 Å². The fourth-order valence-electron chi connectivity index (χ4n) is 3.60. The number of carboxylic acids is 1. The van der Waals surface area contributed by atoms with Crippen molar-refractivity contribution < 1.29 is 24.2 Å². The molecule has 0 bridgehead atoms. The van der Waals surface area contributed by atoms with Crippen LogP contribution in [0.2, 0.25) is 0 Å². The number of carbonyl (C=O) groups excluding carboxylic acids is 1. The molecule has 2 aromatic carbocycles. The van der Waals surface area contributed by atoms with E-state index in [9.17, 15) is 14.7 Å². The summed E-state index contributed by atoms with van der Waals surface area (Å²) < 4.78 is 12.8. The third kappa shape index (κ3) is 5.71. The molecule has 8 nitrogen and oxygen atoms in total. The first-order valence-corrected chi connectivity index (χ1v) is 10.7. The minimum atomic E-state index is -1.11. The van der Waals surface area contributed by atoms with Gasteiger partial charge in [0.05, 0.1) is 25.5 Å². The summed E-state index contributed by atoms with van der Waals surface area (Å²) in [6.45, 7) is 4.64. The Balaban J connectivity index is 1.96. The number of methoxy groups -OCH3 is 2. The van der Waals surface area contributed by atoms with Crippen LogP contribution in [0.1, 0.15) is 29.9 Å². The summed E-state index contributed by atoms with van der Waals surface area (Å²) in [6, 6.07) is 15.2. The lowest BCUT2D eigenvalue weighted by Gasteiger charge is -2.15. The van der Waals surface area contributed by atoms with Crippen molar-refractivity contribution in [1.82, 2.24) is 15.1 Å². The molecule has 0 saturated carbocycles. The van der Waals surface area contributed by atoms with Crippen LogP contribution in [0, 0.1) is 5.92 Å². The predicted molar refractivity (Wildman–Crippen MR) is 125 cm³/mol. The van der Waals surface area contributed by atoms with Gasteiger partial charge >= 0.3 is 5.97 Å². The summed E-state index contributed by atoms with van der Waals surface area (Å²) in [5, 5.41) is 16.8. The first-order valence-electron chi connectivity index (χ1n) is 10.7. The van der Waals surface area contributed by atoms with Crippen molar-refractivity contribution in [3.8, 4) is 22.8 Å². The van der Waals surface area contributed by atoms with E-state index in [-0.39, 0.29) is 18.0 Å². The fraction of sp³-hybridized carbons (Fsp3) is 0.320. The van der Waals surface area contributed by atoms with Gasteiger partial charge in [-0.3, -0.25) is 9.48 Å². The number of amides is 1. The molecule has 1 heterocycles. The molecule has 3 aromatic rings. The molecule has 0 aliphatic heterocycles. The SMILES string of the molecule is COc1cccc(OC)c1-c1cc(C(=O)NC(Cc2ccccc2)C(=O)O)nn1CC(C)C. The van der Waals surface area contributed by atoms with Crippen LogP contribution < -0.4 is 14.8 Å². The van der Waals surface area contributed by atoms with E-state index in [2.05, 4.69) is 10.4 Å². The highest BCUT2D eigenvalue weighted by molar-refractivity contribution is 5.96. The quantitative estimate of drug-likeness (QED) is 0.488. The van der Waals surface area contributed by atoms with Crippen LogP contribution in [0.4, 0.5) is 0 Å². The Kier molecular flexibility index (Phi) is 7.71. The van der Waals surface area contributed by atoms with Crippen molar-refractivity contribution in [3.05, 3.63) is 65.9 Å². The maximum Gasteiger partial charge on any atom is 0.326 e. The van der Waals surface area contributed by atoms with E-state index >= 15 is 0 Å². The van der Waals surface area contributed by atoms with Crippen molar-refractivity contribution in [2.24, 2.45) is 5.92 Å². The van der Waals surface area contributed by atoms with E-state index in [1.165, 1.54) is 0 Å². The monoisotopic (exact) mass is 451 g/mol. The van der Waals surface area contributed by atoms with Gasteiger partial charge in [-0.05, 0) is 29.7 Å². The van der Waals surface area contributed by atoms with Gasteiger partial charge < -0.3 is 19.9 Å². The number of nitrogens with zero attached hydrogens (tertiary/aromatic N) is 2. The van der Waals surface area contributed by atoms with E-state index in [1.54, 1.807) is 25.0 Å². The summed E-state index contributed by atoms with van der Waals surface area (Å²) in [5.41, 5.74) is 2.26. The Morgan fingerprint density at radius 3 is 2.21 bits per heavy atom. The minimum Gasteiger partial charge on any atom is -0.496 e. The molecule has 0 radical (unpaired) electrons. The van der Waals surface area contributed by atoms with E-state index < -0.39 is 17.9 Å². The summed E-state index contributed by atoms with van der Waals surface area (Å²) >= 11 is 0. The zero-order valence-electron chi connectivity index (χ0n) is 19.2. The molecule has 0 spiro atoms. The molecule has 174 valence electrons. The van der Waals surface area contributed by atoms with Crippen LogP contribution in [0.3, 0.4) is 0 Å². The first kappa shape index (κ1) is 23.8. The Bertz CT molecular complexity index is 1090.